The van der Waals surface area contributed by atoms with E-state index in [2.05, 4.69) is 15.8 Å². The second kappa shape index (κ2) is 6.13. The Balaban J connectivity index is 2.64. The summed E-state index contributed by atoms with van der Waals surface area (Å²) in [5, 5.41) is 9.63. The zero-order valence-electron chi connectivity index (χ0n) is 9.19. The number of thioether (sulfide) groups is 1. The minimum absolute atomic E-state index is 0.251. The number of ether oxygens (including phenoxy) is 1. The van der Waals surface area contributed by atoms with Gasteiger partial charge in [0.2, 0.25) is 0 Å². The zero-order valence-corrected chi connectivity index (χ0v) is 10.0. The number of nitriles is 1. The third-order valence-electron chi connectivity index (χ3n) is 2.01. The van der Waals surface area contributed by atoms with Crippen LogP contribution in [0.15, 0.2) is 17.3 Å². The molecule has 0 saturated carbocycles. The molecule has 84 valence electrons. The van der Waals surface area contributed by atoms with Crippen molar-refractivity contribution in [3.05, 3.63) is 23.4 Å². The Kier molecular flexibility index (Phi) is 4.80. The maximum Gasteiger partial charge on any atom is 0.306 e. The maximum absolute atomic E-state index is 10.9. The molecule has 0 amide bonds. The number of methoxy groups -OCH3 is 1. The molecule has 1 aromatic heterocycles. The fourth-order valence-corrected chi connectivity index (χ4v) is 2.06. The highest BCUT2D eigenvalue weighted by molar-refractivity contribution is 7.99. The van der Waals surface area contributed by atoms with Crippen molar-refractivity contribution in [1.29, 1.82) is 5.26 Å². The lowest BCUT2D eigenvalue weighted by Gasteiger charge is -2.04. The van der Waals surface area contributed by atoms with Gasteiger partial charge in [-0.2, -0.15) is 5.26 Å². The summed E-state index contributed by atoms with van der Waals surface area (Å²) in [6.07, 6.45) is 1.98. The van der Waals surface area contributed by atoms with E-state index >= 15 is 0 Å². The fraction of sp³-hybridized carbons (Fsp3) is 0.364. The molecule has 0 spiro atoms. The minimum Gasteiger partial charge on any atom is -0.469 e. The van der Waals surface area contributed by atoms with E-state index in [-0.39, 0.29) is 5.97 Å². The van der Waals surface area contributed by atoms with Gasteiger partial charge < -0.3 is 4.74 Å². The molecule has 0 atom stereocenters. The molecule has 0 radical (unpaired) electrons. The van der Waals surface area contributed by atoms with Gasteiger partial charge in [0, 0.05) is 11.9 Å². The van der Waals surface area contributed by atoms with Crippen LogP contribution in [0.2, 0.25) is 0 Å². The van der Waals surface area contributed by atoms with Crippen molar-refractivity contribution in [1.82, 2.24) is 4.98 Å². The summed E-state index contributed by atoms with van der Waals surface area (Å²) in [5.74, 6) is 0.316. The molecule has 4 nitrogen and oxygen atoms in total. The van der Waals surface area contributed by atoms with Gasteiger partial charge in [-0.1, -0.05) is 0 Å². The van der Waals surface area contributed by atoms with Crippen molar-refractivity contribution in [3.8, 4) is 6.07 Å². The molecule has 0 aliphatic carbocycles. The van der Waals surface area contributed by atoms with Crippen molar-refractivity contribution >= 4 is 17.7 Å². The summed E-state index contributed by atoms with van der Waals surface area (Å²) < 4.78 is 4.53. The molecule has 0 aromatic carbocycles. The second-order valence-corrected chi connectivity index (χ2v) is 4.18. The summed E-state index contributed by atoms with van der Waals surface area (Å²) in [6.45, 7) is 1.87. The molecule has 1 aromatic rings. The number of hydrogen-bond donors (Lipinski definition) is 0. The molecular weight excluding hydrogens is 224 g/mol. The summed E-state index contributed by atoms with van der Waals surface area (Å²) in [4.78, 5) is 15.0. The highest BCUT2D eigenvalue weighted by atomic mass is 32.2. The first-order valence-electron chi connectivity index (χ1n) is 4.74. The van der Waals surface area contributed by atoms with E-state index in [1.54, 1.807) is 12.3 Å². The standard InChI is InChI=1S/C11H12N2O2S/c1-8-3-5-13-11(9(8)7-12)16-6-4-10(14)15-2/h3,5H,4,6H2,1-2H3. The predicted molar refractivity (Wildman–Crippen MR) is 61.0 cm³/mol. The van der Waals surface area contributed by atoms with Gasteiger partial charge in [-0.25, -0.2) is 4.98 Å². The van der Waals surface area contributed by atoms with Crippen LogP contribution in [0.25, 0.3) is 0 Å². The first kappa shape index (κ1) is 12.5. The third kappa shape index (κ3) is 3.24. The number of hydrogen-bond acceptors (Lipinski definition) is 5. The number of esters is 1. The summed E-state index contributed by atoms with van der Waals surface area (Å²) in [5.41, 5.74) is 1.48. The van der Waals surface area contributed by atoms with E-state index in [9.17, 15) is 4.79 Å². The molecule has 1 rings (SSSR count). The molecule has 0 aliphatic heterocycles. The van der Waals surface area contributed by atoms with Crippen molar-refractivity contribution in [2.75, 3.05) is 12.9 Å². The first-order valence-corrected chi connectivity index (χ1v) is 5.73. The molecule has 0 N–H and O–H groups in total. The Morgan fingerprint density at radius 3 is 3.06 bits per heavy atom. The lowest BCUT2D eigenvalue weighted by molar-refractivity contribution is -0.140. The topological polar surface area (TPSA) is 63.0 Å². The SMILES string of the molecule is COC(=O)CCSc1nccc(C)c1C#N. The summed E-state index contributed by atoms with van der Waals surface area (Å²) in [6, 6.07) is 3.91. The van der Waals surface area contributed by atoms with Crippen molar-refractivity contribution in [3.63, 3.8) is 0 Å². The van der Waals surface area contributed by atoms with Crippen molar-refractivity contribution in [2.45, 2.75) is 18.4 Å². The number of aryl methyl sites for hydroxylation is 1. The van der Waals surface area contributed by atoms with E-state index < -0.39 is 0 Å². The lowest BCUT2D eigenvalue weighted by Crippen LogP contribution is -2.01. The van der Waals surface area contributed by atoms with Gasteiger partial charge in [0.05, 0.1) is 19.1 Å². The molecule has 0 aliphatic rings. The van der Waals surface area contributed by atoms with Crippen LogP contribution in [-0.4, -0.2) is 23.8 Å². The average Bonchev–Trinajstić information content (AvgIpc) is 2.29. The number of aromatic nitrogens is 1. The van der Waals surface area contributed by atoms with E-state index in [1.807, 2.05) is 6.92 Å². The van der Waals surface area contributed by atoms with Gasteiger partial charge in [-0.15, -0.1) is 11.8 Å². The maximum atomic E-state index is 10.9. The number of nitrogens with zero attached hydrogens (tertiary/aromatic N) is 2. The van der Waals surface area contributed by atoms with E-state index in [4.69, 9.17) is 5.26 Å². The van der Waals surface area contributed by atoms with Crippen LogP contribution < -0.4 is 0 Å². The van der Waals surface area contributed by atoms with Gasteiger partial charge in [0.25, 0.3) is 0 Å². The first-order chi connectivity index (χ1) is 7.69. The van der Waals surface area contributed by atoms with Gasteiger partial charge in [-0.05, 0) is 18.6 Å². The lowest BCUT2D eigenvalue weighted by atomic mass is 10.2. The number of pyridine rings is 1. The van der Waals surface area contributed by atoms with Crippen LogP contribution in [0.3, 0.4) is 0 Å². The highest BCUT2D eigenvalue weighted by Crippen LogP contribution is 2.22. The van der Waals surface area contributed by atoms with Crippen molar-refractivity contribution in [2.24, 2.45) is 0 Å². The van der Waals surface area contributed by atoms with Gasteiger partial charge in [-0.3, -0.25) is 4.79 Å². The van der Waals surface area contributed by atoms with E-state index in [0.717, 1.165) is 5.56 Å². The predicted octanol–water partition coefficient (Wildman–Crippen LogP) is 1.92. The van der Waals surface area contributed by atoms with Gasteiger partial charge in [0.1, 0.15) is 11.1 Å². The van der Waals surface area contributed by atoms with E-state index in [0.29, 0.717) is 22.8 Å². The smallest absolute Gasteiger partial charge is 0.306 e. The Morgan fingerprint density at radius 1 is 1.69 bits per heavy atom. The molecule has 0 bridgehead atoms. The second-order valence-electron chi connectivity index (χ2n) is 3.09. The van der Waals surface area contributed by atoms with Crippen molar-refractivity contribution < 1.29 is 9.53 Å². The Labute approximate surface area is 98.6 Å². The molecule has 0 saturated heterocycles. The van der Waals surface area contributed by atoms with Gasteiger partial charge in [0.15, 0.2) is 0 Å². The normalized spacial score (nSPS) is 9.56. The number of rotatable bonds is 4. The molecule has 0 fully saturated rings. The quantitative estimate of drug-likeness (QED) is 0.590. The Hall–Kier alpha value is -1.54. The third-order valence-corrected chi connectivity index (χ3v) is 3.00. The largest absolute Gasteiger partial charge is 0.469 e. The number of carbonyl (C=O) groups is 1. The highest BCUT2D eigenvalue weighted by Gasteiger charge is 2.08. The van der Waals surface area contributed by atoms with E-state index in [1.165, 1.54) is 18.9 Å². The molecule has 5 heteroatoms. The minimum atomic E-state index is -0.251. The summed E-state index contributed by atoms with van der Waals surface area (Å²) >= 11 is 1.40. The van der Waals surface area contributed by atoms with Crippen LogP contribution in [0.4, 0.5) is 0 Å². The fourth-order valence-electron chi connectivity index (χ4n) is 1.11. The monoisotopic (exact) mass is 236 g/mol. The van der Waals surface area contributed by atoms with Gasteiger partial charge >= 0.3 is 5.97 Å². The number of carbonyl (C=O) groups excluding carboxylic acids is 1. The molecular formula is C11H12N2O2S. The average molecular weight is 236 g/mol. The molecule has 0 unspecified atom stereocenters. The Morgan fingerprint density at radius 2 is 2.44 bits per heavy atom. The summed E-state index contributed by atoms with van der Waals surface area (Å²) in [7, 11) is 1.36. The van der Waals surface area contributed by atoms with Crippen LogP contribution in [0.5, 0.6) is 0 Å². The molecule has 16 heavy (non-hydrogen) atoms. The van der Waals surface area contributed by atoms with Crippen LogP contribution in [0.1, 0.15) is 17.5 Å². The van der Waals surface area contributed by atoms with Crippen LogP contribution in [0, 0.1) is 18.3 Å². The Bertz CT molecular complexity index is 426. The zero-order chi connectivity index (χ0) is 12.0. The molecule has 1 heterocycles. The van der Waals surface area contributed by atoms with Crippen LogP contribution in [-0.2, 0) is 9.53 Å². The van der Waals surface area contributed by atoms with Crippen LogP contribution >= 0.6 is 11.8 Å².